The highest BCUT2D eigenvalue weighted by molar-refractivity contribution is 5.77. The average Bonchev–Trinajstić information content (AvgIpc) is 2.88. The smallest absolute Gasteiger partial charge is 0.306 e. The van der Waals surface area contributed by atoms with Crippen molar-refractivity contribution < 1.29 is 19.4 Å². The molecule has 2 rings (SSSR count). The van der Waals surface area contributed by atoms with E-state index in [9.17, 15) is 9.59 Å². The molecule has 5 heteroatoms. The second-order valence-electron chi connectivity index (χ2n) is 5.67. The van der Waals surface area contributed by atoms with Gasteiger partial charge in [0, 0.05) is 25.6 Å². The molecule has 1 unspecified atom stereocenters. The van der Waals surface area contributed by atoms with Gasteiger partial charge in [-0.15, -0.1) is 0 Å². The third kappa shape index (κ3) is 3.69. The van der Waals surface area contributed by atoms with Crippen molar-refractivity contribution in [2.24, 2.45) is 5.92 Å². The molecule has 0 aromatic heterocycles. The molecule has 0 aromatic rings. The van der Waals surface area contributed by atoms with Crippen LogP contribution >= 0.6 is 0 Å². The Labute approximate surface area is 113 Å². The number of hydrogen-bond acceptors (Lipinski definition) is 3. The zero-order valence-electron chi connectivity index (χ0n) is 11.5. The summed E-state index contributed by atoms with van der Waals surface area (Å²) in [6.45, 7) is 3.33. The van der Waals surface area contributed by atoms with Gasteiger partial charge in [0.05, 0.1) is 12.0 Å². The lowest BCUT2D eigenvalue weighted by Crippen LogP contribution is -2.46. The van der Waals surface area contributed by atoms with Gasteiger partial charge in [0.15, 0.2) is 0 Å². The van der Waals surface area contributed by atoms with E-state index in [2.05, 4.69) is 0 Å². The zero-order valence-corrected chi connectivity index (χ0v) is 11.5. The predicted octanol–water partition coefficient (Wildman–Crippen LogP) is 1.66. The van der Waals surface area contributed by atoms with E-state index in [1.165, 1.54) is 0 Å². The first kappa shape index (κ1) is 14.3. The Balaban J connectivity index is 1.77. The maximum atomic E-state index is 12.2. The highest BCUT2D eigenvalue weighted by atomic mass is 16.5. The van der Waals surface area contributed by atoms with Crippen molar-refractivity contribution in [1.29, 1.82) is 0 Å². The number of carbonyl (C=O) groups is 2. The summed E-state index contributed by atoms with van der Waals surface area (Å²) in [6, 6.07) is 0.0341. The summed E-state index contributed by atoms with van der Waals surface area (Å²) in [5.74, 6) is -0.887. The van der Waals surface area contributed by atoms with Gasteiger partial charge in [-0.3, -0.25) is 9.59 Å². The Morgan fingerprint density at radius 1 is 1.37 bits per heavy atom. The van der Waals surface area contributed by atoms with E-state index in [-0.39, 0.29) is 24.0 Å². The molecule has 5 nitrogen and oxygen atoms in total. The van der Waals surface area contributed by atoms with Gasteiger partial charge in [0.1, 0.15) is 0 Å². The van der Waals surface area contributed by atoms with Gasteiger partial charge in [0.25, 0.3) is 0 Å². The molecule has 2 aliphatic heterocycles. The van der Waals surface area contributed by atoms with Gasteiger partial charge < -0.3 is 14.7 Å². The van der Waals surface area contributed by atoms with Crippen LogP contribution in [0.1, 0.15) is 45.4 Å². The number of piperidine rings is 1. The molecule has 2 fully saturated rings. The minimum absolute atomic E-state index is 0.0341. The number of rotatable bonds is 4. The lowest BCUT2D eigenvalue weighted by atomic mass is 9.91. The fourth-order valence-electron chi connectivity index (χ4n) is 3.07. The molecule has 0 spiro atoms. The Hall–Kier alpha value is -1.10. The van der Waals surface area contributed by atoms with Crippen molar-refractivity contribution in [2.45, 2.75) is 57.6 Å². The van der Waals surface area contributed by atoms with Crippen LogP contribution in [0.4, 0.5) is 0 Å². The quantitative estimate of drug-likeness (QED) is 0.843. The Kier molecular flexibility index (Phi) is 4.80. The third-order valence-electron chi connectivity index (χ3n) is 4.25. The molecule has 0 aliphatic carbocycles. The van der Waals surface area contributed by atoms with E-state index in [1.54, 1.807) is 0 Å². The number of nitrogens with zero attached hydrogens (tertiary/aromatic N) is 1. The van der Waals surface area contributed by atoms with Crippen LogP contribution in [-0.2, 0) is 14.3 Å². The first-order valence-corrected chi connectivity index (χ1v) is 7.22. The molecule has 19 heavy (non-hydrogen) atoms. The number of aliphatic carboxylic acids is 1. The first-order chi connectivity index (χ1) is 9.08. The number of amides is 1. The molecule has 0 aromatic carbocycles. The van der Waals surface area contributed by atoms with Crippen LogP contribution in [0, 0.1) is 5.92 Å². The molecule has 0 bridgehead atoms. The molecule has 1 N–H and O–H groups in total. The van der Waals surface area contributed by atoms with Crippen LogP contribution in [0.15, 0.2) is 0 Å². The summed E-state index contributed by atoms with van der Waals surface area (Å²) in [4.78, 5) is 25.0. The largest absolute Gasteiger partial charge is 0.481 e. The number of ether oxygens (including phenoxy) is 1. The SMILES string of the molecule is C[C@@H]1C[C@H](C(=O)O)CCN1C(=O)CCC1CCCO1. The van der Waals surface area contributed by atoms with E-state index < -0.39 is 5.97 Å². The van der Waals surface area contributed by atoms with Gasteiger partial charge in [-0.25, -0.2) is 0 Å². The topological polar surface area (TPSA) is 66.8 Å². The molecule has 0 saturated carbocycles. The Morgan fingerprint density at radius 3 is 2.74 bits per heavy atom. The molecule has 0 radical (unpaired) electrons. The maximum absolute atomic E-state index is 12.2. The first-order valence-electron chi connectivity index (χ1n) is 7.22. The summed E-state index contributed by atoms with van der Waals surface area (Å²) in [7, 11) is 0. The van der Waals surface area contributed by atoms with E-state index >= 15 is 0 Å². The molecule has 2 heterocycles. The van der Waals surface area contributed by atoms with Crippen molar-refractivity contribution >= 4 is 11.9 Å². The molecular formula is C14H23NO4. The van der Waals surface area contributed by atoms with E-state index in [0.717, 1.165) is 25.9 Å². The average molecular weight is 269 g/mol. The molecule has 3 atom stereocenters. The van der Waals surface area contributed by atoms with E-state index in [4.69, 9.17) is 9.84 Å². The Bertz CT molecular complexity index is 338. The van der Waals surface area contributed by atoms with Crippen molar-refractivity contribution in [2.75, 3.05) is 13.2 Å². The van der Waals surface area contributed by atoms with E-state index in [1.807, 2.05) is 11.8 Å². The monoisotopic (exact) mass is 269 g/mol. The number of likely N-dealkylation sites (tertiary alicyclic amines) is 1. The fourth-order valence-corrected chi connectivity index (χ4v) is 3.07. The van der Waals surface area contributed by atoms with Crippen LogP contribution in [0.3, 0.4) is 0 Å². The minimum atomic E-state index is -0.738. The van der Waals surface area contributed by atoms with Gasteiger partial charge >= 0.3 is 5.97 Å². The lowest BCUT2D eigenvalue weighted by molar-refractivity contribution is -0.147. The van der Waals surface area contributed by atoms with Crippen LogP contribution in [0.25, 0.3) is 0 Å². The van der Waals surface area contributed by atoms with Gasteiger partial charge in [-0.1, -0.05) is 0 Å². The number of carboxylic acids is 1. The summed E-state index contributed by atoms with van der Waals surface area (Å²) >= 11 is 0. The molecule has 2 saturated heterocycles. The van der Waals surface area contributed by atoms with Crippen LogP contribution < -0.4 is 0 Å². The summed E-state index contributed by atoms with van der Waals surface area (Å²) in [5, 5.41) is 9.01. The molecule has 108 valence electrons. The van der Waals surface area contributed by atoms with Crippen LogP contribution in [0.5, 0.6) is 0 Å². The van der Waals surface area contributed by atoms with Crippen LogP contribution in [0.2, 0.25) is 0 Å². The maximum Gasteiger partial charge on any atom is 0.306 e. The minimum Gasteiger partial charge on any atom is -0.481 e. The molecule has 1 amide bonds. The normalized spacial score (nSPS) is 31.4. The molecule has 2 aliphatic rings. The third-order valence-corrected chi connectivity index (χ3v) is 4.25. The summed E-state index contributed by atoms with van der Waals surface area (Å²) in [5.41, 5.74) is 0. The fraction of sp³-hybridized carbons (Fsp3) is 0.857. The number of carbonyl (C=O) groups excluding carboxylic acids is 1. The zero-order chi connectivity index (χ0) is 13.8. The summed E-state index contributed by atoms with van der Waals surface area (Å²) in [6.07, 6.45) is 4.86. The van der Waals surface area contributed by atoms with Gasteiger partial charge in [-0.05, 0) is 39.0 Å². The van der Waals surface area contributed by atoms with Crippen molar-refractivity contribution in [3.8, 4) is 0 Å². The van der Waals surface area contributed by atoms with Gasteiger partial charge in [0.2, 0.25) is 5.91 Å². The second kappa shape index (κ2) is 6.37. The Morgan fingerprint density at radius 2 is 2.16 bits per heavy atom. The number of hydrogen-bond donors (Lipinski definition) is 1. The second-order valence-corrected chi connectivity index (χ2v) is 5.67. The summed E-state index contributed by atoms with van der Waals surface area (Å²) < 4.78 is 5.52. The van der Waals surface area contributed by atoms with Gasteiger partial charge in [-0.2, -0.15) is 0 Å². The predicted molar refractivity (Wildman–Crippen MR) is 69.7 cm³/mol. The standard InChI is InChI=1S/C14H23NO4/c1-10-9-11(14(17)18)6-7-15(10)13(16)5-4-12-3-2-8-19-12/h10-12H,2-9H2,1H3,(H,17,18)/t10-,11-,12?/m1/s1. The van der Waals surface area contributed by atoms with Crippen LogP contribution in [-0.4, -0.2) is 47.2 Å². The highest BCUT2D eigenvalue weighted by Gasteiger charge is 2.32. The molecular weight excluding hydrogens is 246 g/mol. The number of carboxylic acid groups (broad SMARTS) is 1. The van der Waals surface area contributed by atoms with Crippen molar-refractivity contribution in [3.63, 3.8) is 0 Å². The van der Waals surface area contributed by atoms with Crippen molar-refractivity contribution in [1.82, 2.24) is 4.90 Å². The van der Waals surface area contributed by atoms with E-state index in [0.29, 0.717) is 25.8 Å². The van der Waals surface area contributed by atoms with Crippen molar-refractivity contribution in [3.05, 3.63) is 0 Å². The highest BCUT2D eigenvalue weighted by Crippen LogP contribution is 2.25. The lowest BCUT2D eigenvalue weighted by Gasteiger charge is -2.36.